The molecule has 0 bridgehead atoms. The van der Waals surface area contributed by atoms with Crippen molar-refractivity contribution in [1.82, 2.24) is 0 Å². The van der Waals surface area contributed by atoms with Crippen molar-refractivity contribution in [2.45, 2.75) is 97.8 Å². The Labute approximate surface area is 192 Å². The molecule has 0 saturated heterocycles. The number of hydrogen-bond donors (Lipinski definition) is 0. The fraction of sp³-hybridized carbons (Fsp3) is 0.548. The van der Waals surface area contributed by atoms with E-state index in [0.29, 0.717) is 0 Å². The lowest BCUT2D eigenvalue weighted by atomic mass is 9.78. The van der Waals surface area contributed by atoms with E-state index in [2.05, 4.69) is 75.4 Å². The molecule has 168 valence electrons. The zero-order chi connectivity index (χ0) is 21.9. The van der Waals surface area contributed by atoms with Crippen LogP contribution in [0.25, 0.3) is 16.7 Å². The minimum Gasteiger partial charge on any atom is -0.0804 e. The van der Waals surface area contributed by atoms with Crippen LogP contribution in [0.1, 0.15) is 103 Å². The number of allylic oxidation sites excluding steroid dienone is 2. The van der Waals surface area contributed by atoms with Crippen LogP contribution in [-0.4, -0.2) is 0 Å². The van der Waals surface area contributed by atoms with E-state index in [0.717, 1.165) is 11.8 Å². The summed E-state index contributed by atoms with van der Waals surface area (Å²) < 4.78 is 0. The van der Waals surface area contributed by atoms with Gasteiger partial charge in [-0.3, -0.25) is 0 Å². The van der Waals surface area contributed by atoms with Crippen molar-refractivity contribution in [2.24, 2.45) is 11.8 Å². The highest BCUT2D eigenvalue weighted by molar-refractivity contribution is 5.71. The van der Waals surface area contributed by atoms with E-state index in [4.69, 9.17) is 0 Å². The summed E-state index contributed by atoms with van der Waals surface area (Å²) in [6, 6.07) is 18.5. The third-order valence-electron chi connectivity index (χ3n) is 7.38. The van der Waals surface area contributed by atoms with Gasteiger partial charge in [-0.05, 0) is 71.8 Å². The Balaban J connectivity index is 1.53. The molecule has 0 amide bonds. The van der Waals surface area contributed by atoms with Crippen LogP contribution in [0, 0.1) is 11.8 Å². The quantitative estimate of drug-likeness (QED) is 0.302. The minimum absolute atomic E-state index is 0.876. The molecular formula is C31H44. The molecule has 0 saturated carbocycles. The molecule has 0 fully saturated rings. The summed E-state index contributed by atoms with van der Waals surface area (Å²) in [5.74, 6) is 1.77. The third kappa shape index (κ3) is 7.37. The third-order valence-corrected chi connectivity index (χ3v) is 7.38. The molecule has 2 aromatic rings. The maximum absolute atomic E-state index is 2.53. The number of rotatable bonds is 12. The standard InChI is InChI=1S/C31H44/c1-4-6-8-10-12-26-13-15-28(16-14-26)30-21-23-31(24-22-30)29-19-17-27(18-20-29)25(3)11-9-7-5-2/h13-16,19,21-25,27H,4-12,17-18,20H2,1-3H3. The Morgan fingerprint density at radius 3 is 1.97 bits per heavy atom. The molecule has 0 aliphatic heterocycles. The van der Waals surface area contributed by atoms with Crippen LogP contribution in [0.15, 0.2) is 54.6 Å². The highest BCUT2D eigenvalue weighted by Crippen LogP contribution is 2.36. The van der Waals surface area contributed by atoms with Crippen molar-refractivity contribution in [3.63, 3.8) is 0 Å². The van der Waals surface area contributed by atoms with E-state index in [9.17, 15) is 0 Å². The van der Waals surface area contributed by atoms with Crippen molar-refractivity contribution < 1.29 is 0 Å². The number of benzene rings is 2. The lowest BCUT2D eigenvalue weighted by Gasteiger charge is -2.27. The molecule has 2 atom stereocenters. The predicted octanol–water partition coefficient (Wildman–Crippen LogP) is 9.88. The average molecular weight is 417 g/mol. The topological polar surface area (TPSA) is 0 Å². The number of unbranched alkanes of at least 4 members (excludes halogenated alkanes) is 5. The Morgan fingerprint density at radius 1 is 0.742 bits per heavy atom. The van der Waals surface area contributed by atoms with Gasteiger partial charge >= 0.3 is 0 Å². The average Bonchev–Trinajstić information content (AvgIpc) is 2.83. The largest absolute Gasteiger partial charge is 0.0804 e. The Morgan fingerprint density at radius 2 is 1.35 bits per heavy atom. The van der Waals surface area contributed by atoms with Crippen LogP contribution in [0.4, 0.5) is 0 Å². The molecule has 0 N–H and O–H groups in total. The zero-order valence-corrected chi connectivity index (χ0v) is 20.3. The summed E-state index contributed by atoms with van der Waals surface area (Å²) in [6.45, 7) is 7.05. The first-order valence-electron chi connectivity index (χ1n) is 13.1. The second kappa shape index (κ2) is 12.9. The van der Waals surface area contributed by atoms with Crippen molar-refractivity contribution in [2.75, 3.05) is 0 Å². The first kappa shape index (κ1) is 23.8. The first-order valence-corrected chi connectivity index (χ1v) is 13.1. The van der Waals surface area contributed by atoms with E-state index in [1.165, 1.54) is 99.3 Å². The van der Waals surface area contributed by atoms with Crippen LogP contribution < -0.4 is 0 Å². The molecule has 31 heavy (non-hydrogen) atoms. The molecule has 2 unspecified atom stereocenters. The SMILES string of the molecule is CCCCCCc1ccc(-c2ccc(C3=CCC(C(C)CCCCC)CC3)cc2)cc1. The molecule has 3 rings (SSSR count). The smallest absolute Gasteiger partial charge is 0.0184 e. The predicted molar refractivity (Wildman–Crippen MR) is 138 cm³/mol. The summed E-state index contributed by atoms with van der Waals surface area (Å²) in [5, 5.41) is 0. The highest BCUT2D eigenvalue weighted by Gasteiger charge is 2.20. The lowest BCUT2D eigenvalue weighted by molar-refractivity contribution is 0.308. The van der Waals surface area contributed by atoms with Crippen molar-refractivity contribution in [3.05, 3.63) is 65.7 Å². The second-order valence-corrected chi connectivity index (χ2v) is 9.82. The van der Waals surface area contributed by atoms with E-state index < -0.39 is 0 Å². The molecule has 0 aromatic heterocycles. The van der Waals surface area contributed by atoms with Gasteiger partial charge in [0.05, 0.1) is 0 Å². The van der Waals surface area contributed by atoms with Crippen LogP contribution in [0.5, 0.6) is 0 Å². The summed E-state index contributed by atoms with van der Waals surface area (Å²) in [4.78, 5) is 0. The molecule has 1 aliphatic carbocycles. The van der Waals surface area contributed by atoms with Gasteiger partial charge in [0.25, 0.3) is 0 Å². The lowest BCUT2D eigenvalue weighted by Crippen LogP contribution is -2.14. The number of hydrogen-bond acceptors (Lipinski definition) is 0. The Hall–Kier alpha value is -1.82. The molecular weight excluding hydrogens is 372 g/mol. The van der Waals surface area contributed by atoms with Gasteiger partial charge in [0, 0.05) is 0 Å². The van der Waals surface area contributed by atoms with Crippen molar-refractivity contribution in [1.29, 1.82) is 0 Å². The van der Waals surface area contributed by atoms with E-state index in [1.807, 2.05) is 0 Å². The summed E-state index contributed by atoms with van der Waals surface area (Å²) in [5.41, 5.74) is 7.13. The van der Waals surface area contributed by atoms with Gasteiger partial charge in [0.15, 0.2) is 0 Å². The molecule has 2 aromatic carbocycles. The highest BCUT2D eigenvalue weighted by atomic mass is 14.3. The van der Waals surface area contributed by atoms with Gasteiger partial charge in [-0.1, -0.05) is 120 Å². The van der Waals surface area contributed by atoms with Gasteiger partial charge in [-0.2, -0.15) is 0 Å². The first-order chi connectivity index (χ1) is 15.2. The van der Waals surface area contributed by atoms with Crippen molar-refractivity contribution in [3.8, 4) is 11.1 Å². The normalized spacial score (nSPS) is 17.4. The summed E-state index contributed by atoms with van der Waals surface area (Å²) in [6.07, 6.45) is 18.5. The summed E-state index contributed by atoms with van der Waals surface area (Å²) >= 11 is 0. The van der Waals surface area contributed by atoms with Crippen LogP contribution >= 0.6 is 0 Å². The maximum atomic E-state index is 2.53. The van der Waals surface area contributed by atoms with E-state index >= 15 is 0 Å². The maximum Gasteiger partial charge on any atom is -0.0184 e. The molecule has 0 spiro atoms. The van der Waals surface area contributed by atoms with Crippen LogP contribution in [-0.2, 0) is 6.42 Å². The molecule has 0 heteroatoms. The van der Waals surface area contributed by atoms with Gasteiger partial charge in [0.1, 0.15) is 0 Å². The van der Waals surface area contributed by atoms with Gasteiger partial charge in [-0.25, -0.2) is 0 Å². The zero-order valence-electron chi connectivity index (χ0n) is 20.3. The summed E-state index contributed by atoms with van der Waals surface area (Å²) in [7, 11) is 0. The minimum atomic E-state index is 0.876. The van der Waals surface area contributed by atoms with Crippen LogP contribution in [0.2, 0.25) is 0 Å². The fourth-order valence-electron chi connectivity index (χ4n) is 5.08. The fourth-order valence-corrected chi connectivity index (χ4v) is 5.08. The molecule has 0 nitrogen and oxygen atoms in total. The van der Waals surface area contributed by atoms with Gasteiger partial charge < -0.3 is 0 Å². The molecule has 0 heterocycles. The molecule has 0 radical (unpaired) electrons. The van der Waals surface area contributed by atoms with Gasteiger partial charge in [0.2, 0.25) is 0 Å². The van der Waals surface area contributed by atoms with Crippen LogP contribution in [0.3, 0.4) is 0 Å². The van der Waals surface area contributed by atoms with E-state index in [-0.39, 0.29) is 0 Å². The second-order valence-electron chi connectivity index (χ2n) is 9.82. The Bertz CT molecular complexity index is 778. The monoisotopic (exact) mass is 416 g/mol. The number of aryl methyl sites for hydroxylation is 1. The van der Waals surface area contributed by atoms with E-state index in [1.54, 1.807) is 5.57 Å². The van der Waals surface area contributed by atoms with Crippen molar-refractivity contribution >= 4 is 5.57 Å². The Kier molecular flexibility index (Phi) is 9.91. The molecule has 1 aliphatic rings. The van der Waals surface area contributed by atoms with Gasteiger partial charge in [-0.15, -0.1) is 0 Å².